The maximum Gasteiger partial charge on any atom is 0.278 e. The third-order valence-electron chi connectivity index (χ3n) is 4.54. The van der Waals surface area contributed by atoms with Gasteiger partial charge in [0.2, 0.25) is 11.8 Å². The molecule has 172 valence electrons. The molecule has 2 N–H and O–H groups in total. The number of hydrogen-bond acceptors (Lipinski definition) is 8. The molecule has 1 aromatic carbocycles. The lowest BCUT2D eigenvalue weighted by Crippen LogP contribution is -2.27. The van der Waals surface area contributed by atoms with E-state index in [-0.39, 0.29) is 17.1 Å². The van der Waals surface area contributed by atoms with Gasteiger partial charge in [0.15, 0.2) is 5.69 Å². The molecule has 3 rings (SSSR count). The lowest BCUT2D eigenvalue weighted by atomic mass is 10.2. The Labute approximate surface area is 201 Å². The van der Waals surface area contributed by atoms with Crippen LogP contribution in [0.4, 0.5) is 11.6 Å². The van der Waals surface area contributed by atoms with Crippen LogP contribution in [0.5, 0.6) is 5.88 Å². The minimum atomic E-state index is -0.233. The van der Waals surface area contributed by atoms with Gasteiger partial charge in [-0.2, -0.15) is 5.26 Å². The molecule has 0 spiro atoms. The van der Waals surface area contributed by atoms with E-state index >= 15 is 0 Å². The highest BCUT2D eigenvalue weighted by Crippen LogP contribution is 2.15. The molecule has 2 heterocycles. The number of nitrogens with zero attached hydrogens (tertiary/aromatic N) is 5. The van der Waals surface area contributed by atoms with Gasteiger partial charge in [0, 0.05) is 17.8 Å². The summed E-state index contributed by atoms with van der Waals surface area (Å²) >= 11 is 5.97. The molecule has 10 heteroatoms. The van der Waals surface area contributed by atoms with Crippen LogP contribution in [0, 0.1) is 11.3 Å². The molecule has 0 bridgehead atoms. The maximum atomic E-state index is 12.9. The normalized spacial score (nSPS) is 11.2. The highest BCUT2D eigenvalue weighted by molar-refractivity contribution is 6.30. The van der Waals surface area contributed by atoms with Crippen molar-refractivity contribution in [1.29, 1.82) is 5.26 Å². The van der Waals surface area contributed by atoms with E-state index in [2.05, 4.69) is 32.2 Å². The molecule has 2 aromatic heterocycles. The van der Waals surface area contributed by atoms with Gasteiger partial charge in [0.1, 0.15) is 17.5 Å². The predicted octanol–water partition coefficient (Wildman–Crippen LogP) is 4.11. The first-order valence-corrected chi connectivity index (χ1v) is 10.5. The van der Waals surface area contributed by atoms with Crippen LogP contribution in [-0.2, 0) is 6.54 Å². The van der Waals surface area contributed by atoms with Crippen molar-refractivity contribution in [3.8, 4) is 11.9 Å². The molecule has 0 fully saturated rings. The number of benzene rings is 1. The lowest BCUT2D eigenvalue weighted by Gasteiger charge is -2.15. The van der Waals surface area contributed by atoms with E-state index in [9.17, 15) is 4.79 Å². The van der Waals surface area contributed by atoms with Gasteiger partial charge in [0.25, 0.3) is 5.56 Å². The van der Waals surface area contributed by atoms with Gasteiger partial charge in [-0.05, 0) is 42.8 Å². The number of anilines is 2. The second kappa shape index (κ2) is 11.4. The molecule has 0 atom stereocenters. The van der Waals surface area contributed by atoms with Crippen LogP contribution in [-0.4, -0.2) is 26.6 Å². The Morgan fingerprint density at radius 3 is 2.59 bits per heavy atom. The van der Waals surface area contributed by atoms with Gasteiger partial charge >= 0.3 is 0 Å². The van der Waals surface area contributed by atoms with Gasteiger partial charge in [-0.3, -0.25) is 9.36 Å². The monoisotopic (exact) mass is 475 g/mol. The number of rotatable bonds is 9. The van der Waals surface area contributed by atoms with Crippen LogP contribution in [0.1, 0.15) is 18.2 Å². The molecule has 34 heavy (non-hydrogen) atoms. The molecule has 0 unspecified atom stereocenters. The summed E-state index contributed by atoms with van der Waals surface area (Å²) in [7, 11) is 1.66. The summed E-state index contributed by atoms with van der Waals surface area (Å²) in [4.78, 5) is 25.2. The Kier molecular flexibility index (Phi) is 8.16. The number of halogens is 1. The quantitative estimate of drug-likeness (QED) is 0.350. The molecule has 0 saturated carbocycles. The Morgan fingerprint density at radius 2 is 1.97 bits per heavy atom. The Morgan fingerprint density at radius 1 is 1.21 bits per heavy atom. The number of aromatic nitrogens is 4. The van der Waals surface area contributed by atoms with Crippen molar-refractivity contribution in [1.82, 2.24) is 19.5 Å². The van der Waals surface area contributed by atoms with Crippen LogP contribution in [0.25, 0.3) is 0 Å². The second-order valence-electron chi connectivity index (χ2n) is 6.89. The SMILES string of the molecule is C=C(/C=C\C(=C/C)Oc1cnc(C#N)cn1)Nc1ncc(NC)c(=O)n1Cc1ccc(Cl)cc1. The van der Waals surface area contributed by atoms with Gasteiger partial charge in [-0.25, -0.2) is 15.0 Å². The zero-order chi connectivity index (χ0) is 24.5. The summed E-state index contributed by atoms with van der Waals surface area (Å²) in [5, 5.41) is 15.3. The molecule has 0 aliphatic rings. The summed E-state index contributed by atoms with van der Waals surface area (Å²) in [6.07, 6.45) is 9.25. The van der Waals surface area contributed by atoms with E-state index in [1.54, 1.807) is 44.3 Å². The zero-order valence-corrected chi connectivity index (χ0v) is 19.4. The van der Waals surface area contributed by atoms with E-state index in [4.69, 9.17) is 21.6 Å². The van der Waals surface area contributed by atoms with Crippen molar-refractivity contribution in [3.05, 3.63) is 106 Å². The van der Waals surface area contributed by atoms with Crippen molar-refractivity contribution in [2.75, 3.05) is 17.7 Å². The highest BCUT2D eigenvalue weighted by atomic mass is 35.5. The summed E-state index contributed by atoms with van der Waals surface area (Å²) in [6.45, 7) is 6.08. The summed E-state index contributed by atoms with van der Waals surface area (Å²) < 4.78 is 7.17. The van der Waals surface area contributed by atoms with Crippen LogP contribution in [0.2, 0.25) is 5.02 Å². The number of allylic oxidation sites excluding steroid dienone is 3. The van der Waals surface area contributed by atoms with Crippen molar-refractivity contribution >= 4 is 23.2 Å². The number of nitrogens with one attached hydrogen (secondary N) is 2. The molecule has 0 saturated heterocycles. The lowest BCUT2D eigenvalue weighted by molar-refractivity contribution is 0.423. The van der Waals surface area contributed by atoms with Crippen molar-refractivity contribution in [3.63, 3.8) is 0 Å². The maximum absolute atomic E-state index is 12.9. The molecule has 0 aliphatic carbocycles. The largest absolute Gasteiger partial charge is 0.438 e. The third kappa shape index (κ3) is 6.31. The fraction of sp³-hybridized carbons (Fsp3) is 0.125. The standard InChI is InChI=1S/C24H22ClN7O2/c1-4-20(34-22-14-28-19(11-26)12-29-22)10-5-16(2)31-24-30-13-21(27-3)23(33)32(24)15-17-6-8-18(25)9-7-17/h4-10,12-14,27H,2,15H2,1,3H3,(H,30,31)/b10-5-,20-4+. The third-order valence-corrected chi connectivity index (χ3v) is 4.79. The van der Waals surface area contributed by atoms with E-state index in [0.717, 1.165) is 5.56 Å². The first-order chi connectivity index (χ1) is 16.4. The van der Waals surface area contributed by atoms with E-state index in [0.29, 0.717) is 34.7 Å². The Balaban J connectivity index is 1.76. The van der Waals surface area contributed by atoms with Gasteiger partial charge in [-0.15, -0.1) is 0 Å². The second-order valence-corrected chi connectivity index (χ2v) is 7.33. The molecule has 0 radical (unpaired) electrons. The Hall–Kier alpha value is -4.42. The highest BCUT2D eigenvalue weighted by Gasteiger charge is 2.11. The minimum Gasteiger partial charge on any atom is -0.438 e. The summed E-state index contributed by atoms with van der Waals surface area (Å²) in [5.41, 5.74) is 1.70. The summed E-state index contributed by atoms with van der Waals surface area (Å²) in [6, 6.07) is 9.13. The van der Waals surface area contributed by atoms with Crippen molar-refractivity contribution in [2.24, 2.45) is 0 Å². The fourth-order valence-corrected chi connectivity index (χ4v) is 2.91. The minimum absolute atomic E-state index is 0.198. The van der Waals surface area contributed by atoms with Crippen LogP contribution in [0.3, 0.4) is 0 Å². The van der Waals surface area contributed by atoms with E-state index < -0.39 is 0 Å². The first kappa shape index (κ1) is 24.2. The average molecular weight is 476 g/mol. The molecule has 9 nitrogen and oxygen atoms in total. The predicted molar refractivity (Wildman–Crippen MR) is 132 cm³/mol. The van der Waals surface area contributed by atoms with Crippen LogP contribution < -0.4 is 20.9 Å². The van der Waals surface area contributed by atoms with Crippen LogP contribution >= 0.6 is 11.6 Å². The molecular weight excluding hydrogens is 454 g/mol. The van der Waals surface area contributed by atoms with E-state index in [1.807, 2.05) is 18.2 Å². The molecule has 3 aromatic rings. The smallest absolute Gasteiger partial charge is 0.278 e. The number of ether oxygens (including phenoxy) is 1. The van der Waals surface area contributed by atoms with Gasteiger partial charge in [0.05, 0.1) is 25.1 Å². The fourth-order valence-electron chi connectivity index (χ4n) is 2.79. The number of nitriles is 1. The van der Waals surface area contributed by atoms with Gasteiger partial charge in [-0.1, -0.05) is 30.3 Å². The van der Waals surface area contributed by atoms with Crippen molar-refractivity contribution < 1.29 is 4.74 Å². The Bertz CT molecular complexity index is 1320. The molecule has 0 aliphatic heterocycles. The zero-order valence-electron chi connectivity index (χ0n) is 18.6. The van der Waals surface area contributed by atoms with Crippen molar-refractivity contribution in [2.45, 2.75) is 13.5 Å². The van der Waals surface area contributed by atoms with E-state index in [1.165, 1.54) is 23.2 Å². The molecular formula is C24H22ClN7O2. The first-order valence-electron chi connectivity index (χ1n) is 10.2. The van der Waals surface area contributed by atoms with Crippen LogP contribution in [0.15, 0.2) is 83.9 Å². The van der Waals surface area contributed by atoms with Gasteiger partial charge < -0.3 is 15.4 Å². The number of hydrogen-bond donors (Lipinski definition) is 2. The topological polar surface area (TPSA) is 118 Å². The summed E-state index contributed by atoms with van der Waals surface area (Å²) in [5.74, 6) is 1.06. The molecule has 0 amide bonds. The average Bonchev–Trinajstić information content (AvgIpc) is 2.85.